The summed E-state index contributed by atoms with van der Waals surface area (Å²) in [5, 5.41) is 0. The average molecular weight is 273 g/mol. The molecule has 0 heterocycles. The zero-order chi connectivity index (χ0) is 8.95. The molecule has 2 nitrogen and oxygen atoms in total. The summed E-state index contributed by atoms with van der Waals surface area (Å²) in [4.78, 5) is 4.28. The largest absolute Gasteiger partial charge is 0.305 e. The highest BCUT2D eigenvalue weighted by molar-refractivity contribution is 14.1. The summed E-state index contributed by atoms with van der Waals surface area (Å²) in [5.41, 5.74) is 0. The Kier molecular flexibility index (Phi) is 21.9. The SMILES string of the molecule is CCCCI.CCCCON. The van der Waals surface area contributed by atoms with Crippen LogP contribution in [0.25, 0.3) is 0 Å². The van der Waals surface area contributed by atoms with Crippen LogP contribution in [0.15, 0.2) is 0 Å². The highest BCUT2D eigenvalue weighted by Gasteiger charge is 1.75. The Bertz CT molecular complexity index is 47.4. The molecule has 0 spiro atoms. The molecule has 0 atom stereocenters. The first-order valence-corrected chi connectivity index (χ1v) is 5.73. The number of unbranched alkanes of at least 4 members (excludes halogenated alkanes) is 2. The van der Waals surface area contributed by atoms with Gasteiger partial charge < -0.3 is 4.84 Å². The van der Waals surface area contributed by atoms with Gasteiger partial charge in [0.15, 0.2) is 0 Å². The van der Waals surface area contributed by atoms with Crippen LogP contribution in [-0.2, 0) is 4.84 Å². The Hall–Kier alpha value is 0.650. The lowest BCUT2D eigenvalue weighted by Crippen LogP contribution is -1.99. The van der Waals surface area contributed by atoms with E-state index >= 15 is 0 Å². The molecule has 0 aromatic carbocycles. The standard InChI is InChI=1S/C4H9I.C4H11NO/c1-2-3-4-5;1-2-3-4-6-5/h2-4H2,1H3;2-5H2,1H3. The summed E-state index contributed by atoms with van der Waals surface area (Å²) < 4.78 is 1.31. The molecule has 70 valence electrons. The fraction of sp³-hybridized carbons (Fsp3) is 1.00. The van der Waals surface area contributed by atoms with Gasteiger partial charge in [0, 0.05) is 0 Å². The first-order valence-electron chi connectivity index (χ1n) is 4.21. The molecular weight excluding hydrogens is 253 g/mol. The maximum absolute atomic E-state index is 4.71. The van der Waals surface area contributed by atoms with Crippen LogP contribution < -0.4 is 5.90 Å². The van der Waals surface area contributed by atoms with Gasteiger partial charge in [0.05, 0.1) is 6.61 Å². The van der Waals surface area contributed by atoms with Crippen LogP contribution in [0.4, 0.5) is 0 Å². The zero-order valence-corrected chi connectivity index (χ0v) is 9.76. The van der Waals surface area contributed by atoms with E-state index in [0.29, 0.717) is 6.61 Å². The Morgan fingerprint density at radius 2 is 1.73 bits per heavy atom. The Morgan fingerprint density at radius 3 is 1.82 bits per heavy atom. The summed E-state index contributed by atoms with van der Waals surface area (Å²) in [6.07, 6.45) is 4.93. The van der Waals surface area contributed by atoms with Crippen molar-refractivity contribution in [1.29, 1.82) is 0 Å². The summed E-state index contributed by atoms with van der Waals surface area (Å²) >= 11 is 2.39. The van der Waals surface area contributed by atoms with Crippen LogP contribution in [0.2, 0.25) is 0 Å². The van der Waals surface area contributed by atoms with Crippen LogP contribution in [0, 0.1) is 0 Å². The molecule has 0 saturated carbocycles. The third-order valence-electron chi connectivity index (χ3n) is 1.10. The van der Waals surface area contributed by atoms with Gasteiger partial charge in [0.25, 0.3) is 0 Å². The normalized spacial score (nSPS) is 8.73. The maximum Gasteiger partial charge on any atom is 0.0679 e. The van der Waals surface area contributed by atoms with E-state index in [9.17, 15) is 0 Å². The fourth-order valence-electron chi connectivity index (χ4n) is 0.361. The molecule has 0 unspecified atom stereocenters. The third kappa shape index (κ3) is 25.0. The van der Waals surface area contributed by atoms with Gasteiger partial charge in [0.1, 0.15) is 0 Å². The van der Waals surface area contributed by atoms with Crippen LogP contribution in [0.1, 0.15) is 39.5 Å². The lowest BCUT2D eigenvalue weighted by atomic mass is 10.4. The molecule has 0 aromatic rings. The zero-order valence-electron chi connectivity index (χ0n) is 7.61. The number of alkyl halides is 1. The second-order valence-electron chi connectivity index (χ2n) is 2.27. The molecule has 2 N–H and O–H groups in total. The minimum Gasteiger partial charge on any atom is -0.305 e. The van der Waals surface area contributed by atoms with Crippen molar-refractivity contribution in [2.45, 2.75) is 39.5 Å². The van der Waals surface area contributed by atoms with Crippen LogP contribution in [-0.4, -0.2) is 11.0 Å². The molecule has 0 aromatic heterocycles. The first kappa shape index (κ1) is 14.2. The van der Waals surface area contributed by atoms with Crippen LogP contribution >= 0.6 is 22.6 Å². The Morgan fingerprint density at radius 1 is 1.18 bits per heavy atom. The average Bonchev–Trinajstić information content (AvgIpc) is 2.04. The monoisotopic (exact) mass is 273 g/mol. The highest BCUT2D eigenvalue weighted by Crippen LogP contribution is 1.90. The summed E-state index contributed by atoms with van der Waals surface area (Å²) in [7, 11) is 0. The predicted octanol–water partition coefficient (Wildman–Crippen LogP) is 2.90. The first-order chi connectivity index (χ1) is 5.33. The highest BCUT2D eigenvalue weighted by atomic mass is 127. The Labute approximate surface area is 84.0 Å². The van der Waals surface area contributed by atoms with Crippen molar-refractivity contribution in [1.82, 2.24) is 0 Å². The van der Waals surface area contributed by atoms with Gasteiger partial charge in [-0.3, -0.25) is 0 Å². The number of nitrogens with two attached hydrogens (primary N) is 1. The maximum atomic E-state index is 4.71. The second-order valence-corrected chi connectivity index (χ2v) is 3.35. The van der Waals surface area contributed by atoms with Gasteiger partial charge in [-0.25, -0.2) is 5.90 Å². The van der Waals surface area contributed by atoms with E-state index in [4.69, 9.17) is 5.90 Å². The van der Waals surface area contributed by atoms with Crippen molar-refractivity contribution in [2.24, 2.45) is 5.90 Å². The molecule has 0 amide bonds. The van der Waals surface area contributed by atoms with Crippen LogP contribution in [0.3, 0.4) is 0 Å². The summed E-state index contributed by atoms with van der Waals surface area (Å²) in [6.45, 7) is 4.99. The smallest absolute Gasteiger partial charge is 0.0679 e. The van der Waals surface area contributed by atoms with Gasteiger partial charge in [0.2, 0.25) is 0 Å². The number of hydrogen-bond acceptors (Lipinski definition) is 2. The van der Waals surface area contributed by atoms with Crippen molar-refractivity contribution in [2.75, 3.05) is 11.0 Å². The molecule has 3 heteroatoms. The molecule has 0 rings (SSSR count). The quantitative estimate of drug-likeness (QED) is 0.362. The van der Waals surface area contributed by atoms with Crippen molar-refractivity contribution in [3.63, 3.8) is 0 Å². The molecular formula is C8H20INO. The minimum atomic E-state index is 0.691. The lowest BCUT2D eigenvalue weighted by Gasteiger charge is -1.88. The Balaban J connectivity index is 0. The topological polar surface area (TPSA) is 35.2 Å². The number of hydrogen-bond donors (Lipinski definition) is 1. The predicted molar refractivity (Wildman–Crippen MR) is 58.8 cm³/mol. The van der Waals surface area contributed by atoms with Gasteiger partial charge in [-0.1, -0.05) is 49.3 Å². The molecule has 0 radical (unpaired) electrons. The number of rotatable bonds is 5. The van der Waals surface area contributed by atoms with E-state index in [1.165, 1.54) is 17.3 Å². The van der Waals surface area contributed by atoms with Crippen LogP contribution in [0.5, 0.6) is 0 Å². The molecule has 0 aliphatic carbocycles. The number of halogens is 1. The van der Waals surface area contributed by atoms with Gasteiger partial charge in [-0.15, -0.1) is 0 Å². The van der Waals surface area contributed by atoms with Gasteiger partial charge >= 0.3 is 0 Å². The van der Waals surface area contributed by atoms with E-state index in [2.05, 4.69) is 41.3 Å². The van der Waals surface area contributed by atoms with Crippen molar-refractivity contribution in [3.8, 4) is 0 Å². The molecule has 0 bridgehead atoms. The fourth-order valence-corrected chi connectivity index (χ4v) is 1.12. The second kappa shape index (κ2) is 16.9. The molecule has 0 aliphatic rings. The molecule has 0 saturated heterocycles. The summed E-state index contributed by atoms with van der Waals surface area (Å²) in [6, 6.07) is 0. The van der Waals surface area contributed by atoms with Crippen molar-refractivity contribution in [3.05, 3.63) is 0 Å². The van der Waals surface area contributed by atoms with E-state index in [1.54, 1.807) is 0 Å². The van der Waals surface area contributed by atoms with E-state index in [1.807, 2.05) is 0 Å². The lowest BCUT2D eigenvalue weighted by molar-refractivity contribution is 0.135. The molecule has 11 heavy (non-hydrogen) atoms. The molecule has 0 aliphatic heterocycles. The van der Waals surface area contributed by atoms with E-state index in [-0.39, 0.29) is 0 Å². The van der Waals surface area contributed by atoms with Gasteiger partial charge in [-0.05, 0) is 17.3 Å². The van der Waals surface area contributed by atoms with Crippen molar-refractivity contribution < 1.29 is 4.84 Å². The van der Waals surface area contributed by atoms with E-state index < -0.39 is 0 Å². The summed E-state index contributed by atoms with van der Waals surface area (Å²) in [5.74, 6) is 4.71. The van der Waals surface area contributed by atoms with Crippen molar-refractivity contribution >= 4 is 22.6 Å². The molecule has 0 fully saturated rings. The third-order valence-corrected chi connectivity index (χ3v) is 1.87. The van der Waals surface area contributed by atoms with Gasteiger partial charge in [-0.2, -0.15) is 0 Å². The minimum absolute atomic E-state index is 0.691. The van der Waals surface area contributed by atoms with E-state index in [0.717, 1.165) is 12.8 Å².